The average molecular weight is 309 g/mol. The minimum Gasteiger partial charge on any atom is -0.309 e. The van der Waals surface area contributed by atoms with Crippen LogP contribution >= 0.6 is 11.6 Å². The van der Waals surface area contributed by atoms with E-state index in [1.165, 1.54) is 25.7 Å². The first kappa shape index (κ1) is 14.9. The summed E-state index contributed by atoms with van der Waals surface area (Å²) in [6, 6.07) is 0.525. The van der Waals surface area contributed by atoms with E-state index in [9.17, 15) is 0 Å². The van der Waals surface area contributed by atoms with E-state index in [0.717, 1.165) is 41.4 Å². The van der Waals surface area contributed by atoms with Crippen LogP contribution in [0.25, 0.3) is 11.2 Å². The van der Waals surface area contributed by atoms with Crippen LogP contribution in [0.4, 0.5) is 0 Å². The number of fused-ring (bicyclic) bond motifs is 1. The van der Waals surface area contributed by atoms with E-state index in [1.807, 2.05) is 11.7 Å². The Labute approximate surface area is 131 Å². The van der Waals surface area contributed by atoms with Crippen LogP contribution in [0, 0.1) is 5.92 Å². The number of aromatic nitrogens is 4. The number of halogens is 1. The Kier molecular flexibility index (Phi) is 4.25. The van der Waals surface area contributed by atoms with Crippen molar-refractivity contribution >= 4 is 22.8 Å². The van der Waals surface area contributed by atoms with Crippen LogP contribution in [-0.4, -0.2) is 19.3 Å². The van der Waals surface area contributed by atoms with E-state index >= 15 is 0 Å². The minimum atomic E-state index is 0.477. The molecule has 0 radical (unpaired) electrons. The van der Waals surface area contributed by atoms with Gasteiger partial charge in [0.05, 0.1) is 11.6 Å². The fraction of sp³-hybridized carbons (Fsp3) is 0.750. The molecule has 2 heterocycles. The Morgan fingerprint density at radius 1 is 1.33 bits per heavy atom. The predicted octanol–water partition coefficient (Wildman–Crippen LogP) is 4.21. The summed E-state index contributed by atoms with van der Waals surface area (Å²) >= 11 is 6.18. The van der Waals surface area contributed by atoms with Crippen molar-refractivity contribution in [2.24, 2.45) is 13.0 Å². The average Bonchev–Trinajstić information content (AvgIpc) is 2.98. The highest BCUT2D eigenvalue weighted by atomic mass is 35.5. The Morgan fingerprint density at radius 2 is 2.14 bits per heavy atom. The maximum absolute atomic E-state index is 6.18. The molecule has 4 nitrogen and oxygen atoms in total. The molecular weight excluding hydrogens is 284 g/mol. The lowest BCUT2D eigenvalue weighted by Crippen LogP contribution is -2.20. The van der Waals surface area contributed by atoms with E-state index in [4.69, 9.17) is 16.6 Å². The summed E-state index contributed by atoms with van der Waals surface area (Å²) in [6.45, 7) is 4.54. The fourth-order valence-electron chi connectivity index (χ4n) is 3.77. The number of aryl methyl sites for hydroxylation is 2. The molecule has 3 rings (SSSR count). The van der Waals surface area contributed by atoms with Crippen LogP contribution in [0.15, 0.2) is 0 Å². The molecule has 21 heavy (non-hydrogen) atoms. The van der Waals surface area contributed by atoms with Gasteiger partial charge in [-0.25, -0.2) is 4.98 Å². The summed E-state index contributed by atoms with van der Waals surface area (Å²) in [7, 11) is 2.03. The Morgan fingerprint density at radius 3 is 2.81 bits per heavy atom. The number of rotatable bonds is 4. The molecule has 1 aliphatic carbocycles. The van der Waals surface area contributed by atoms with Gasteiger partial charge in [-0.15, -0.1) is 11.6 Å². The topological polar surface area (TPSA) is 35.6 Å². The van der Waals surface area contributed by atoms with Crippen LogP contribution in [0.1, 0.15) is 63.5 Å². The molecular formula is C16H25ClN4. The quantitative estimate of drug-likeness (QED) is 0.793. The van der Waals surface area contributed by atoms with E-state index in [2.05, 4.69) is 23.5 Å². The van der Waals surface area contributed by atoms with Crippen molar-refractivity contribution in [1.82, 2.24) is 19.3 Å². The maximum Gasteiger partial charge on any atom is 0.158 e. The van der Waals surface area contributed by atoms with Gasteiger partial charge >= 0.3 is 0 Å². The first-order chi connectivity index (χ1) is 10.2. The second-order valence-corrected chi connectivity index (χ2v) is 6.72. The third kappa shape index (κ3) is 2.59. The third-order valence-electron chi connectivity index (χ3n) is 4.69. The van der Waals surface area contributed by atoms with Crippen LogP contribution in [0.3, 0.4) is 0 Å². The maximum atomic E-state index is 6.18. The highest BCUT2D eigenvalue weighted by Gasteiger charge is 2.27. The van der Waals surface area contributed by atoms with E-state index in [-0.39, 0.29) is 0 Å². The monoisotopic (exact) mass is 308 g/mol. The van der Waals surface area contributed by atoms with Gasteiger partial charge in [-0.05, 0) is 25.2 Å². The second-order valence-electron chi connectivity index (χ2n) is 6.45. The van der Waals surface area contributed by atoms with E-state index < -0.39 is 0 Å². The van der Waals surface area contributed by atoms with Gasteiger partial charge < -0.3 is 4.57 Å². The van der Waals surface area contributed by atoms with Gasteiger partial charge in [-0.1, -0.05) is 33.1 Å². The summed E-state index contributed by atoms with van der Waals surface area (Å²) in [6.07, 6.45) is 7.17. The molecule has 116 valence electrons. The summed E-state index contributed by atoms with van der Waals surface area (Å²) in [4.78, 5) is 4.82. The lowest BCUT2D eigenvalue weighted by atomic mass is 9.87. The summed E-state index contributed by atoms with van der Waals surface area (Å²) in [5.41, 5.74) is 3.34. The first-order valence-electron chi connectivity index (χ1n) is 8.14. The molecule has 0 aliphatic heterocycles. The standard InChI is InChI=1S/C16H25ClN4/c1-4-6-13-15-16(20(3)19-13)21(14(10-17)18-15)12-8-5-7-11(2)9-12/h11-12H,4-10H2,1-3H3. The summed E-state index contributed by atoms with van der Waals surface area (Å²) in [5.74, 6) is 2.27. The van der Waals surface area contributed by atoms with Crippen molar-refractivity contribution in [3.05, 3.63) is 11.5 Å². The van der Waals surface area contributed by atoms with E-state index in [0.29, 0.717) is 11.9 Å². The lowest BCUT2D eigenvalue weighted by Gasteiger charge is -2.29. The highest BCUT2D eigenvalue weighted by Crippen LogP contribution is 2.36. The zero-order valence-corrected chi connectivity index (χ0v) is 14.0. The van der Waals surface area contributed by atoms with Crippen LogP contribution in [0.5, 0.6) is 0 Å². The van der Waals surface area contributed by atoms with E-state index in [1.54, 1.807) is 0 Å². The molecule has 2 unspecified atom stereocenters. The first-order valence-corrected chi connectivity index (χ1v) is 8.67. The normalized spacial score (nSPS) is 23.0. The Hall–Kier alpha value is -1.03. The number of hydrogen-bond donors (Lipinski definition) is 0. The molecule has 0 saturated heterocycles. The van der Waals surface area contributed by atoms with Gasteiger partial charge in [0.15, 0.2) is 5.65 Å². The Balaban J connectivity index is 2.11. The van der Waals surface area contributed by atoms with Crippen molar-refractivity contribution in [1.29, 1.82) is 0 Å². The second kappa shape index (κ2) is 5.99. The molecule has 1 fully saturated rings. The molecule has 0 bridgehead atoms. The molecule has 0 spiro atoms. The number of imidazole rings is 1. The van der Waals surface area contributed by atoms with Crippen molar-refractivity contribution in [2.75, 3.05) is 0 Å². The van der Waals surface area contributed by atoms with Gasteiger partial charge in [0.25, 0.3) is 0 Å². The van der Waals surface area contributed by atoms with Gasteiger partial charge in [-0.3, -0.25) is 4.68 Å². The number of alkyl halides is 1. The van der Waals surface area contributed by atoms with Gasteiger partial charge in [0.2, 0.25) is 0 Å². The molecule has 5 heteroatoms. The lowest BCUT2D eigenvalue weighted by molar-refractivity contribution is 0.281. The van der Waals surface area contributed by atoms with Crippen molar-refractivity contribution in [3.8, 4) is 0 Å². The summed E-state index contributed by atoms with van der Waals surface area (Å²) in [5, 5.41) is 4.68. The molecule has 0 N–H and O–H groups in total. The van der Waals surface area contributed by atoms with Crippen LogP contribution < -0.4 is 0 Å². The zero-order chi connectivity index (χ0) is 15.0. The molecule has 0 amide bonds. The number of nitrogens with zero attached hydrogens (tertiary/aromatic N) is 4. The van der Waals surface area contributed by atoms with Crippen LogP contribution in [-0.2, 0) is 19.3 Å². The molecule has 2 aromatic heterocycles. The van der Waals surface area contributed by atoms with Gasteiger partial charge in [0, 0.05) is 13.1 Å². The minimum absolute atomic E-state index is 0.477. The zero-order valence-electron chi connectivity index (χ0n) is 13.3. The smallest absolute Gasteiger partial charge is 0.158 e. The molecule has 0 aromatic carbocycles. The summed E-state index contributed by atoms with van der Waals surface area (Å²) < 4.78 is 4.38. The third-order valence-corrected chi connectivity index (χ3v) is 4.93. The fourth-order valence-corrected chi connectivity index (χ4v) is 3.96. The van der Waals surface area contributed by atoms with Gasteiger partial charge in [0.1, 0.15) is 11.3 Å². The van der Waals surface area contributed by atoms with Crippen molar-refractivity contribution in [3.63, 3.8) is 0 Å². The molecule has 1 saturated carbocycles. The SMILES string of the molecule is CCCc1nn(C)c2c1nc(CCl)n2C1CCCC(C)C1. The molecule has 1 aliphatic rings. The van der Waals surface area contributed by atoms with Crippen molar-refractivity contribution < 1.29 is 0 Å². The van der Waals surface area contributed by atoms with Gasteiger partial charge in [-0.2, -0.15) is 5.10 Å². The highest BCUT2D eigenvalue weighted by molar-refractivity contribution is 6.16. The molecule has 2 atom stereocenters. The van der Waals surface area contributed by atoms with Crippen molar-refractivity contribution in [2.45, 2.75) is 64.3 Å². The Bertz CT molecular complexity index is 628. The largest absolute Gasteiger partial charge is 0.309 e. The predicted molar refractivity (Wildman–Crippen MR) is 86.7 cm³/mol. The number of hydrogen-bond acceptors (Lipinski definition) is 2. The van der Waals surface area contributed by atoms with Crippen LogP contribution in [0.2, 0.25) is 0 Å². The molecule has 2 aromatic rings.